The maximum atomic E-state index is 12.8. The zero-order valence-corrected chi connectivity index (χ0v) is 18.5. The standard InChI is InChI=1S/C22H26ClNO4S/c1-15(2)24(22(25)18-9-6-10-18)14-17-8-5-11-19(13-17)28-29(26,27)21-16(3)7-4-12-20(21)23/h4-5,7-8,11-13,15,18H,6,9-10,14H2,1-3H3. The predicted octanol–water partition coefficient (Wildman–Crippen LogP) is 4.95. The Morgan fingerprint density at radius 1 is 1.21 bits per heavy atom. The summed E-state index contributed by atoms with van der Waals surface area (Å²) in [7, 11) is -4.07. The van der Waals surface area contributed by atoms with Crippen molar-refractivity contribution in [3.05, 3.63) is 58.6 Å². The quantitative estimate of drug-likeness (QED) is 0.577. The van der Waals surface area contributed by atoms with Crippen LogP contribution < -0.4 is 4.18 Å². The van der Waals surface area contributed by atoms with Gasteiger partial charge in [-0.15, -0.1) is 0 Å². The highest BCUT2D eigenvalue weighted by Gasteiger charge is 2.30. The van der Waals surface area contributed by atoms with Gasteiger partial charge in [-0.05, 0) is 62.9 Å². The summed E-state index contributed by atoms with van der Waals surface area (Å²) in [6, 6.07) is 11.8. The molecule has 156 valence electrons. The number of hydrogen-bond donors (Lipinski definition) is 0. The normalized spacial score (nSPS) is 14.5. The van der Waals surface area contributed by atoms with E-state index < -0.39 is 10.1 Å². The van der Waals surface area contributed by atoms with Crippen molar-refractivity contribution >= 4 is 27.6 Å². The zero-order valence-electron chi connectivity index (χ0n) is 16.9. The van der Waals surface area contributed by atoms with Gasteiger partial charge >= 0.3 is 10.1 Å². The molecule has 0 N–H and O–H groups in total. The molecule has 0 atom stereocenters. The van der Waals surface area contributed by atoms with Gasteiger partial charge in [0.05, 0.1) is 5.02 Å². The van der Waals surface area contributed by atoms with Gasteiger partial charge in [0.25, 0.3) is 0 Å². The highest BCUT2D eigenvalue weighted by atomic mass is 35.5. The van der Waals surface area contributed by atoms with Gasteiger partial charge in [-0.2, -0.15) is 8.42 Å². The van der Waals surface area contributed by atoms with Crippen molar-refractivity contribution in [2.24, 2.45) is 5.92 Å². The Balaban J connectivity index is 1.81. The number of carbonyl (C=O) groups excluding carboxylic acids is 1. The molecule has 1 saturated carbocycles. The number of aryl methyl sites for hydroxylation is 1. The average Bonchev–Trinajstić information content (AvgIpc) is 2.57. The second-order valence-corrected chi connectivity index (χ2v) is 9.65. The lowest BCUT2D eigenvalue weighted by Gasteiger charge is -2.34. The average molecular weight is 436 g/mol. The smallest absolute Gasteiger partial charge is 0.340 e. The number of amides is 1. The molecule has 0 heterocycles. The fourth-order valence-corrected chi connectivity index (χ4v) is 5.11. The van der Waals surface area contributed by atoms with Crippen LogP contribution in [0.4, 0.5) is 0 Å². The van der Waals surface area contributed by atoms with Crippen molar-refractivity contribution in [2.45, 2.75) is 57.5 Å². The molecule has 5 nitrogen and oxygen atoms in total. The Morgan fingerprint density at radius 2 is 1.90 bits per heavy atom. The molecule has 7 heteroatoms. The molecule has 29 heavy (non-hydrogen) atoms. The summed E-state index contributed by atoms with van der Waals surface area (Å²) in [5, 5.41) is 0.123. The van der Waals surface area contributed by atoms with Crippen LogP contribution in [-0.2, 0) is 21.5 Å². The van der Waals surface area contributed by atoms with Gasteiger partial charge in [0, 0.05) is 18.5 Å². The topological polar surface area (TPSA) is 63.7 Å². The van der Waals surface area contributed by atoms with E-state index in [0.717, 1.165) is 24.8 Å². The van der Waals surface area contributed by atoms with E-state index in [1.165, 1.54) is 6.07 Å². The second-order valence-electron chi connectivity index (χ2n) is 7.76. The van der Waals surface area contributed by atoms with Gasteiger partial charge in [0.2, 0.25) is 5.91 Å². The third-order valence-electron chi connectivity index (χ3n) is 5.23. The highest BCUT2D eigenvalue weighted by Crippen LogP contribution is 2.31. The van der Waals surface area contributed by atoms with E-state index in [9.17, 15) is 13.2 Å². The summed E-state index contributed by atoms with van der Waals surface area (Å²) in [4.78, 5) is 14.5. The lowest BCUT2D eigenvalue weighted by molar-refractivity contribution is -0.140. The molecule has 0 unspecified atom stereocenters. The van der Waals surface area contributed by atoms with E-state index in [1.54, 1.807) is 37.3 Å². The molecule has 1 aliphatic carbocycles. The summed E-state index contributed by atoms with van der Waals surface area (Å²) in [6.07, 6.45) is 2.99. The third-order valence-corrected chi connectivity index (χ3v) is 7.11. The molecule has 2 aromatic rings. The molecular weight excluding hydrogens is 410 g/mol. The summed E-state index contributed by atoms with van der Waals surface area (Å²) >= 11 is 6.10. The summed E-state index contributed by atoms with van der Waals surface area (Å²) in [6.45, 7) is 6.06. The minimum absolute atomic E-state index is 0.0314. The summed E-state index contributed by atoms with van der Waals surface area (Å²) in [5.74, 6) is 0.471. The van der Waals surface area contributed by atoms with Crippen LogP contribution in [0.1, 0.15) is 44.2 Å². The summed E-state index contributed by atoms with van der Waals surface area (Å²) < 4.78 is 30.9. The summed E-state index contributed by atoms with van der Waals surface area (Å²) in [5.41, 5.74) is 1.33. The second kappa shape index (κ2) is 8.76. The number of rotatable bonds is 7. The largest absolute Gasteiger partial charge is 0.379 e. The lowest BCUT2D eigenvalue weighted by Crippen LogP contribution is -2.42. The van der Waals surface area contributed by atoms with Gasteiger partial charge in [-0.1, -0.05) is 42.3 Å². The number of halogens is 1. The van der Waals surface area contributed by atoms with E-state index in [-0.39, 0.29) is 33.5 Å². The maximum Gasteiger partial charge on any atom is 0.340 e. The Labute approximate surface area is 177 Å². The van der Waals surface area contributed by atoms with Crippen molar-refractivity contribution in [3.8, 4) is 5.75 Å². The predicted molar refractivity (Wildman–Crippen MR) is 113 cm³/mol. The van der Waals surface area contributed by atoms with E-state index in [2.05, 4.69) is 0 Å². The maximum absolute atomic E-state index is 12.8. The monoisotopic (exact) mass is 435 g/mol. The van der Waals surface area contributed by atoms with Gasteiger partial charge in [0.1, 0.15) is 10.6 Å². The zero-order chi connectivity index (χ0) is 21.2. The third kappa shape index (κ3) is 4.93. The first-order valence-electron chi connectivity index (χ1n) is 9.78. The minimum Gasteiger partial charge on any atom is -0.379 e. The Morgan fingerprint density at radius 3 is 2.48 bits per heavy atom. The van der Waals surface area contributed by atoms with Crippen molar-refractivity contribution in [3.63, 3.8) is 0 Å². The van der Waals surface area contributed by atoms with E-state index >= 15 is 0 Å². The van der Waals surface area contributed by atoms with Crippen LogP contribution in [0.5, 0.6) is 5.75 Å². The minimum atomic E-state index is -4.07. The molecule has 1 amide bonds. The van der Waals surface area contributed by atoms with Crippen molar-refractivity contribution < 1.29 is 17.4 Å². The molecule has 0 saturated heterocycles. The molecule has 0 aliphatic heterocycles. The van der Waals surface area contributed by atoms with Crippen molar-refractivity contribution in [1.29, 1.82) is 0 Å². The highest BCUT2D eigenvalue weighted by molar-refractivity contribution is 7.87. The van der Waals surface area contributed by atoms with Gasteiger partial charge in [-0.25, -0.2) is 0 Å². The fourth-order valence-electron chi connectivity index (χ4n) is 3.40. The first-order chi connectivity index (χ1) is 13.7. The van der Waals surface area contributed by atoms with Gasteiger partial charge in [0.15, 0.2) is 0 Å². The van der Waals surface area contributed by atoms with Crippen LogP contribution >= 0.6 is 11.6 Å². The Kier molecular flexibility index (Phi) is 6.54. The van der Waals surface area contributed by atoms with Crippen molar-refractivity contribution in [2.75, 3.05) is 0 Å². The Bertz CT molecular complexity index is 979. The Hall–Kier alpha value is -2.05. The van der Waals surface area contributed by atoms with Gasteiger partial charge in [-0.3, -0.25) is 4.79 Å². The van der Waals surface area contributed by atoms with Gasteiger partial charge < -0.3 is 9.08 Å². The molecule has 0 bridgehead atoms. The van der Waals surface area contributed by atoms with Crippen LogP contribution in [0.25, 0.3) is 0 Å². The molecule has 0 aromatic heterocycles. The molecule has 0 spiro atoms. The van der Waals surface area contributed by atoms with Crippen LogP contribution in [0.15, 0.2) is 47.4 Å². The number of benzene rings is 2. The van der Waals surface area contributed by atoms with E-state index in [0.29, 0.717) is 12.1 Å². The molecule has 2 aromatic carbocycles. The molecule has 1 aliphatic rings. The molecule has 0 radical (unpaired) electrons. The molecular formula is C22H26ClNO4S. The van der Waals surface area contributed by atoms with Crippen molar-refractivity contribution in [1.82, 2.24) is 4.90 Å². The van der Waals surface area contributed by atoms with Crippen LogP contribution in [0.2, 0.25) is 5.02 Å². The first kappa shape index (κ1) is 21.7. The fraction of sp³-hybridized carbons (Fsp3) is 0.409. The van der Waals surface area contributed by atoms with Crippen LogP contribution in [0, 0.1) is 12.8 Å². The molecule has 3 rings (SSSR count). The van der Waals surface area contributed by atoms with Crippen LogP contribution in [-0.4, -0.2) is 25.3 Å². The lowest BCUT2D eigenvalue weighted by atomic mass is 9.84. The van der Waals surface area contributed by atoms with Crippen LogP contribution in [0.3, 0.4) is 0 Å². The number of nitrogens with zero attached hydrogens (tertiary/aromatic N) is 1. The number of carbonyl (C=O) groups is 1. The first-order valence-corrected chi connectivity index (χ1v) is 11.6. The number of hydrogen-bond acceptors (Lipinski definition) is 4. The van der Waals surface area contributed by atoms with E-state index in [4.69, 9.17) is 15.8 Å². The molecule has 1 fully saturated rings. The SMILES string of the molecule is Cc1cccc(Cl)c1S(=O)(=O)Oc1cccc(CN(C(=O)C2CCC2)C(C)C)c1. The van der Waals surface area contributed by atoms with E-state index in [1.807, 2.05) is 24.8 Å².